The number of imidazole rings is 1. The van der Waals surface area contributed by atoms with E-state index in [4.69, 9.17) is 0 Å². The zero-order valence-electron chi connectivity index (χ0n) is 16.0. The van der Waals surface area contributed by atoms with E-state index in [1.54, 1.807) is 32.2 Å². The van der Waals surface area contributed by atoms with Crippen LogP contribution in [0.25, 0.3) is 16.9 Å². The summed E-state index contributed by atoms with van der Waals surface area (Å²) >= 11 is 0. The van der Waals surface area contributed by atoms with Gasteiger partial charge in [0.15, 0.2) is 11.3 Å². The third-order valence-electron chi connectivity index (χ3n) is 4.55. The van der Waals surface area contributed by atoms with Crippen molar-refractivity contribution in [3.8, 4) is 11.3 Å². The average Bonchev–Trinajstić information content (AvgIpc) is 3.12. The van der Waals surface area contributed by atoms with Crippen LogP contribution in [0.2, 0.25) is 0 Å². The van der Waals surface area contributed by atoms with Gasteiger partial charge in [-0.05, 0) is 43.7 Å². The minimum Gasteiger partial charge on any atom is -0.320 e. The first-order valence-electron chi connectivity index (χ1n) is 9.00. The molecule has 0 atom stereocenters. The van der Waals surface area contributed by atoms with Gasteiger partial charge in [0, 0.05) is 23.1 Å². The van der Waals surface area contributed by atoms with Crippen LogP contribution in [0.3, 0.4) is 0 Å². The third kappa shape index (κ3) is 3.61. The second kappa shape index (κ2) is 7.25. The maximum atomic E-state index is 13.5. The molecule has 9 heteroatoms. The van der Waals surface area contributed by atoms with Crippen molar-refractivity contribution in [3.05, 3.63) is 77.4 Å². The van der Waals surface area contributed by atoms with E-state index in [1.165, 1.54) is 35.0 Å². The van der Waals surface area contributed by atoms with E-state index in [2.05, 4.69) is 20.4 Å². The molecule has 1 amide bonds. The molecule has 0 fully saturated rings. The molecule has 0 saturated heterocycles. The van der Waals surface area contributed by atoms with Crippen molar-refractivity contribution in [2.75, 3.05) is 5.32 Å². The van der Waals surface area contributed by atoms with Gasteiger partial charge in [-0.1, -0.05) is 18.2 Å². The maximum absolute atomic E-state index is 13.5. The standard InChI is InChI=1S/C21H16F3N5O/c1-12-9-17(15-5-3-4-6-16(15)21(22,23)24)28-29-18(11-26-19(12)29)20(30)27-14-7-8-25-13(2)10-14/h3-11H,1-2H3,(H,25,27,30). The Morgan fingerprint density at radius 1 is 1.07 bits per heavy atom. The monoisotopic (exact) mass is 411 g/mol. The summed E-state index contributed by atoms with van der Waals surface area (Å²) in [5.41, 5.74) is 1.59. The summed E-state index contributed by atoms with van der Waals surface area (Å²) in [5.74, 6) is -0.485. The first-order chi connectivity index (χ1) is 14.2. The molecule has 3 heterocycles. The van der Waals surface area contributed by atoms with Crippen molar-refractivity contribution in [2.45, 2.75) is 20.0 Å². The van der Waals surface area contributed by atoms with E-state index >= 15 is 0 Å². The smallest absolute Gasteiger partial charge is 0.320 e. The number of pyridine rings is 1. The van der Waals surface area contributed by atoms with E-state index < -0.39 is 17.6 Å². The molecule has 30 heavy (non-hydrogen) atoms. The number of anilines is 1. The van der Waals surface area contributed by atoms with E-state index in [0.717, 1.165) is 11.8 Å². The lowest BCUT2D eigenvalue weighted by Gasteiger charge is -2.13. The van der Waals surface area contributed by atoms with Gasteiger partial charge in [-0.2, -0.15) is 18.3 Å². The number of nitrogens with zero attached hydrogens (tertiary/aromatic N) is 4. The lowest BCUT2D eigenvalue weighted by Crippen LogP contribution is -2.16. The van der Waals surface area contributed by atoms with Gasteiger partial charge < -0.3 is 5.32 Å². The van der Waals surface area contributed by atoms with Crippen LogP contribution in [-0.2, 0) is 6.18 Å². The van der Waals surface area contributed by atoms with Crippen LogP contribution < -0.4 is 5.32 Å². The number of carbonyl (C=O) groups is 1. The minimum absolute atomic E-state index is 0.0696. The number of benzene rings is 1. The SMILES string of the molecule is Cc1cc(NC(=O)c2cnc3c(C)cc(-c4ccccc4C(F)(F)F)nn23)ccn1. The molecule has 0 aliphatic rings. The highest BCUT2D eigenvalue weighted by Gasteiger charge is 2.34. The number of carbonyl (C=O) groups excluding carboxylic acids is 1. The summed E-state index contributed by atoms with van der Waals surface area (Å²) in [6, 6.07) is 10.1. The fraction of sp³-hybridized carbons (Fsp3) is 0.143. The topological polar surface area (TPSA) is 72.2 Å². The van der Waals surface area contributed by atoms with Gasteiger partial charge >= 0.3 is 6.18 Å². The fourth-order valence-electron chi connectivity index (χ4n) is 3.18. The molecular weight excluding hydrogens is 395 g/mol. The van der Waals surface area contributed by atoms with Crippen LogP contribution in [0, 0.1) is 13.8 Å². The van der Waals surface area contributed by atoms with Gasteiger partial charge in [0.25, 0.3) is 5.91 Å². The van der Waals surface area contributed by atoms with Crippen LogP contribution in [0.5, 0.6) is 0 Å². The molecule has 0 aliphatic heterocycles. The van der Waals surface area contributed by atoms with E-state index in [1.807, 2.05) is 0 Å². The third-order valence-corrected chi connectivity index (χ3v) is 4.55. The molecule has 3 aromatic heterocycles. The van der Waals surface area contributed by atoms with E-state index in [0.29, 0.717) is 16.9 Å². The average molecular weight is 411 g/mol. The number of halogens is 3. The van der Waals surface area contributed by atoms with E-state index in [9.17, 15) is 18.0 Å². The van der Waals surface area contributed by atoms with Gasteiger partial charge in [0.1, 0.15) is 0 Å². The molecule has 4 rings (SSSR count). The van der Waals surface area contributed by atoms with Crippen LogP contribution in [0.15, 0.2) is 54.9 Å². The summed E-state index contributed by atoms with van der Waals surface area (Å²) in [7, 11) is 0. The molecule has 4 aromatic rings. The van der Waals surface area contributed by atoms with Crippen LogP contribution in [0.1, 0.15) is 27.3 Å². The largest absolute Gasteiger partial charge is 0.417 e. The molecule has 0 radical (unpaired) electrons. The molecule has 0 bridgehead atoms. The summed E-state index contributed by atoms with van der Waals surface area (Å²) in [5, 5.41) is 7.03. The lowest BCUT2D eigenvalue weighted by atomic mass is 10.0. The predicted octanol–water partition coefficient (Wildman–Crippen LogP) is 4.68. The van der Waals surface area contributed by atoms with Gasteiger partial charge in [-0.3, -0.25) is 9.78 Å². The summed E-state index contributed by atoms with van der Waals surface area (Å²) in [4.78, 5) is 21.1. The van der Waals surface area contributed by atoms with Crippen LogP contribution >= 0.6 is 0 Å². The Morgan fingerprint density at radius 2 is 1.83 bits per heavy atom. The zero-order valence-corrected chi connectivity index (χ0v) is 16.0. The molecule has 0 spiro atoms. The Bertz CT molecular complexity index is 1260. The summed E-state index contributed by atoms with van der Waals surface area (Å²) in [6.45, 7) is 3.50. The second-order valence-electron chi connectivity index (χ2n) is 6.77. The molecule has 0 aliphatic carbocycles. The second-order valence-corrected chi connectivity index (χ2v) is 6.77. The van der Waals surface area contributed by atoms with Gasteiger partial charge in [0.05, 0.1) is 17.5 Å². The van der Waals surface area contributed by atoms with Gasteiger partial charge in [0.2, 0.25) is 0 Å². The molecule has 0 saturated carbocycles. The quantitative estimate of drug-likeness (QED) is 0.531. The molecule has 152 valence electrons. The van der Waals surface area contributed by atoms with Crippen LogP contribution in [-0.4, -0.2) is 25.5 Å². The Balaban J connectivity index is 1.81. The highest BCUT2D eigenvalue weighted by Crippen LogP contribution is 2.36. The maximum Gasteiger partial charge on any atom is 0.417 e. The first kappa shape index (κ1) is 19.6. The number of aromatic nitrogens is 4. The number of alkyl halides is 3. The highest BCUT2D eigenvalue weighted by atomic mass is 19.4. The number of nitrogens with one attached hydrogen (secondary N) is 1. The summed E-state index contributed by atoms with van der Waals surface area (Å²) in [6.07, 6.45) is -1.62. The molecule has 1 aromatic carbocycles. The van der Waals surface area contributed by atoms with Crippen molar-refractivity contribution in [3.63, 3.8) is 0 Å². The van der Waals surface area contributed by atoms with Crippen molar-refractivity contribution in [1.82, 2.24) is 19.6 Å². The number of aryl methyl sites for hydroxylation is 2. The normalized spacial score (nSPS) is 11.6. The number of hydrogen-bond acceptors (Lipinski definition) is 4. The number of rotatable bonds is 3. The van der Waals surface area contributed by atoms with E-state index in [-0.39, 0.29) is 17.0 Å². The minimum atomic E-state index is -4.53. The molecule has 1 N–H and O–H groups in total. The van der Waals surface area contributed by atoms with Gasteiger partial charge in [-0.25, -0.2) is 9.50 Å². The number of fused-ring (bicyclic) bond motifs is 1. The Morgan fingerprint density at radius 3 is 2.57 bits per heavy atom. The zero-order chi connectivity index (χ0) is 21.5. The van der Waals surface area contributed by atoms with Gasteiger partial charge in [-0.15, -0.1) is 0 Å². The number of amides is 1. The number of hydrogen-bond donors (Lipinski definition) is 1. The molecule has 6 nitrogen and oxygen atoms in total. The molecule has 0 unspecified atom stereocenters. The van der Waals surface area contributed by atoms with Crippen molar-refractivity contribution in [2.24, 2.45) is 0 Å². The predicted molar refractivity (Wildman–Crippen MR) is 105 cm³/mol. The Hall–Kier alpha value is -3.75. The fourth-order valence-corrected chi connectivity index (χ4v) is 3.18. The van der Waals surface area contributed by atoms with Crippen molar-refractivity contribution in [1.29, 1.82) is 0 Å². The van der Waals surface area contributed by atoms with Crippen LogP contribution in [0.4, 0.5) is 18.9 Å². The summed E-state index contributed by atoms with van der Waals surface area (Å²) < 4.78 is 41.6. The lowest BCUT2D eigenvalue weighted by molar-refractivity contribution is -0.137. The Labute approximate surface area is 169 Å². The molecular formula is C21H16F3N5O. The first-order valence-corrected chi connectivity index (χ1v) is 9.00. The van der Waals surface area contributed by atoms with Crippen molar-refractivity contribution >= 4 is 17.2 Å². The van der Waals surface area contributed by atoms with Crippen molar-refractivity contribution < 1.29 is 18.0 Å². The highest BCUT2D eigenvalue weighted by molar-refractivity contribution is 6.03. The Kier molecular flexibility index (Phi) is 4.73.